The molecule has 1 fully saturated rings. The second kappa shape index (κ2) is 6.61. The molecule has 2 rings (SSSR count). The van der Waals surface area contributed by atoms with Gasteiger partial charge in [-0.25, -0.2) is 8.78 Å². The topological polar surface area (TPSA) is 32.5 Å². The van der Waals surface area contributed by atoms with Gasteiger partial charge >= 0.3 is 0 Å². The second-order valence-electron chi connectivity index (χ2n) is 5.77. The molecule has 1 heterocycles. The number of hydrogen-bond donors (Lipinski definition) is 1. The van der Waals surface area contributed by atoms with E-state index >= 15 is 0 Å². The summed E-state index contributed by atoms with van der Waals surface area (Å²) < 4.78 is 26.9. The number of likely N-dealkylation sites (tertiary alicyclic amines) is 1. The van der Waals surface area contributed by atoms with Crippen LogP contribution in [-0.4, -0.2) is 50.1 Å². The van der Waals surface area contributed by atoms with Crippen molar-refractivity contribution < 1.29 is 8.78 Å². The Morgan fingerprint density at radius 2 is 2.20 bits per heavy atom. The van der Waals surface area contributed by atoms with E-state index in [2.05, 4.69) is 16.8 Å². The SMILES string of the molecule is CN1CCC(CN(C)C(CN)c2ccc(F)cc2F)C1. The van der Waals surface area contributed by atoms with Crippen LogP contribution in [0.15, 0.2) is 18.2 Å². The summed E-state index contributed by atoms with van der Waals surface area (Å²) in [6.07, 6.45) is 1.16. The van der Waals surface area contributed by atoms with E-state index in [0.717, 1.165) is 32.1 Å². The van der Waals surface area contributed by atoms with Crippen LogP contribution in [0.25, 0.3) is 0 Å². The minimum absolute atomic E-state index is 0.207. The Balaban J connectivity index is 2.06. The van der Waals surface area contributed by atoms with Gasteiger partial charge in [-0.1, -0.05) is 6.07 Å². The van der Waals surface area contributed by atoms with Crippen molar-refractivity contribution in [2.24, 2.45) is 11.7 Å². The third-order valence-corrected chi connectivity index (χ3v) is 4.11. The Hall–Kier alpha value is -1.04. The molecule has 2 unspecified atom stereocenters. The summed E-state index contributed by atoms with van der Waals surface area (Å²) in [5.41, 5.74) is 6.28. The first kappa shape index (κ1) is 15.4. The first-order valence-corrected chi connectivity index (χ1v) is 7.05. The fourth-order valence-electron chi connectivity index (χ4n) is 3.03. The van der Waals surface area contributed by atoms with Gasteiger partial charge in [0.15, 0.2) is 0 Å². The number of nitrogens with zero attached hydrogens (tertiary/aromatic N) is 2. The Morgan fingerprint density at radius 3 is 2.75 bits per heavy atom. The van der Waals surface area contributed by atoms with E-state index in [9.17, 15) is 8.78 Å². The zero-order chi connectivity index (χ0) is 14.7. The summed E-state index contributed by atoms with van der Waals surface area (Å²) in [6, 6.07) is 3.51. The molecule has 0 saturated carbocycles. The van der Waals surface area contributed by atoms with Crippen LogP contribution in [0.3, 0.4) is 0 Å². The molecule has 20 heavy (non-hydrogen) atoms. The van der Waals surface area contributed by atoms with E-state index < -0.39 is 11.6 Å². The van der Waals surface area contributed by atoms with Gasteiger partial charge in [-0.3, -0.25) is 4.90 Å². The van der Waals surface area contributed by atoms with Crippen molar-refractivity contribution in [3.8, 4) is 0 Å². The van der Waals surface area contributed by atoms with Crippen molar-refractivity contribution in [2.45, 2.75) is 12.5 Å². The Morgan fingerprint density at radius 1 is 1.45 bits per heavy atom. The van der Waals surface area contributed by atoms with Crippen LogP contribution in [-0.2, 0) is 0 Å². The summed E-state index contributed by atoms with van der Waals surface area (Å²) in [5, 5.41) is 0. The lowest BCUT2D eigenvalue weighted by Gasteiger charge is -2.30. The number of likely N-dealkylation sites (N-methyl/N-ethyl adjacent to an activating group) is 1. The van der Waals surface area contributed by atoms with Crippen molar-refractivity contribution in [2.75, 3.05) is 40.3 Å². The molecule has 1 aromatic carbocycles. The van der Waals surface area contributed by atoms with Gasteiger partial charge in [-0.2, -0.15) is 0 Å². The van der Waals surface area contributed by atoms with E-state index in [1.807, 2.05) is 7.05 Å². The highest BCUT2D eigenvalue weighted by atomic mass is 19.1. The van der Waals surface area contributed by atoms with Gasteiger partial charge in [-0.05, 0) is 39.0 Å². The van der Waals surface area contributed by atoms with Crippen LogP contribution in [0.4, 0.5) is 8.78 Å². The smallest absolute Gasteiger partial charge is 0.130 e. The highest BCUT2D eigenvalue weighted by Crippen LogP contribution is 2.25. The van der Waals surface area contributed by atoms with Gasteiger partial charge in [0.1, 0.15) is 11.6 Å². The number of nitrogens with two attached hydrogens (primary N) is 1. The summed E-state index contributed by atoms with van der Waals surface area (Å²) in [7, 11) is 4.07. The molecule has 0 radical (unpaired) electrons. The third-order valence-electron chi connectivity index (χ3n) is 4.11. The van der Waals surface area contributed by atoms with Gasteiger partial charge in [0.25, 0.3) is 0 Å². The Kier molecular flexibility index (Phi) is 5.07. The summed E-state index contributed by atoms with van der Waals surface area (Å²) in [4.78, 5) is 4.38. The number of benzene rings is 1. The molecule has 0 aliphatic carbocycles. The van der Waals surface area contributed by atoms with E-state index in [-0.39, 0.29) is 6.04 Å². The summed E-state index contributed by atoms with van der Waals surface area (Å²) in [6.45, 7) is 3.37. The average Bonchev–Trinajstić information content (AvgIpc) is 2.78. The average molecular weight is 283 g/mol. The van der Waals surface area contributed by atoms with Gasteiger partial charge in [-0.15, -0.1) is 0 Å². The molecule has 1 aromatic rings. The third kappa shape index (κ3) is 3.53. The molecule has 112 valence electrons. The fraction of sp³-hybridized carbons (Fsp3) is 0.600. The maximum absolute atomic E-state index is 13.9. The molecule has 0 bridgehead atoms. The standard InChI is InChI=1S/C15H23F2N3/c1-19-6-5-11(9-19)10-20(2)15(8-18)13-4-3-12(16)7-14(13)17/h3-4,7,11,15H,5-6,8-10,18H2,1-2H3. The Labute approximate surface area is 119 Å². The first-order chi connectivity index (χ1) is 9.51. The number of hydrogen-bond acceptors (Lipinski definition) is 3. The van der Waals surface area contributed by atoms with Crippen LogP contribution < -0.4 is 5.73 Å². The lowest BCUT2D eigenvalue weighted by molar-refractivity contribution is 0.208. The van der Waals surface area contributed by atoms with Crippen molar-refractivity contribution in [3.05, 3.63) is 35.4 Å². The monoisotopic (exact) mass is 283 g/mol. The number of rotatable bonds is 5. The second-order valence-corrected chi connectivity index (χ2v) is 5.77. The predicted molar refractivity (Wildman–Crippen MR) is 76.4 cm³/mol. The molecule has 0 aromatic heterocycles. The molecule has 0 spiro atoms. The lowest BCUT2D eigenvalue weighted by Crippen LogP contribution is -2.35. The molecule has 1 saturated heterocycles. The molecule has 3 nitrogen and oxygen atoms in total. The van der Waals surface area contributed by atoms with Gasteiger partial charge in [0, 0.05) is 37.3 Å². The molecule has 1 aliphatic rings. The summed E-state index contributed by atoms with van der Waals surface area (Å²) in [5.74, 6) is -0.486. The van der Waals surface area contributed by atoms with Crippen molar-refractivity contribution >= 4 is 0 Å². The number of halogens is 2. The van der Waals surface area contributed by atoms with Gasteiger partial charge in [0.2, 0.25) is 0 Å². The largest absolute Gasteiger partial charge is 0.329 e. The van der Waals surface area contributed by atoms with Crippen LogP contribution >= 0.6 is 0 Å². The van der Waals surface area contributed by atoms with Crippen molar-refractivity contribution in [1.29, 1.82) is 0 Å². The van der Waals surface area contributed by atoms with Crippen molar-refractivity contribution in [1.82, 2.24) is 9.80 Å². The minimum Gasteiger partial charge on any atom is -0.329 e. The van der Waals surface area contributed by atoms with E-state index in [0.29, 0.717) is 18.0 Å². The highest BCUT2D eigenvalue weighted by molar-refractivity contribution is 5.22. The van der Waals surface area contributed by atoms with Gasteiger partial charge < -0.3 is 10.6 Å². The summed E-state index contributed by atoms with van der Waals surface area (Å²) >= 11 is 0. The molecule has 0 amide bonds. The lowest BCUT2D eigenvalue weighted by atomic mass is 10.0. The van der Waals surface area contributed by atoms with Crippen LogP contribution in [0, 0.1) is 17.6 Å². The maximum Gasteiger partial charge on any atom is 0.130 e. The van der Waals surface area contributed by atoms with Crippen LogP contribution in [0.1, 0.15) is 18.0 Å². The minimum atomic E-state index is -0.554. The predicted octanol–water partition coefficient (Wildman–Crippen LogP) is 1.85. The van der Waals surface area contributed by atoms with E-state index in [1.165, 1.54) is 12.1 Å². The molecule has 2 atom stereocenters. The zero-order valence-electron chi connectivity index (χ0n) is 12.1. The Bertz CT molecular complexity index is 453. The molecule has 5 heteroatoms. The van der Waals surface area contributed by atoms with E-state index in [1.54, 1.807) is 0 Å². The molecule has 2 N–H and O–H groups in total. The zero-order valence-corrected chi connectivity index (χ0v) is 12.1. The fourth-order valence-corrected chi connectivity index (χ4v) is 3.03. The quantitative estimate of drug-likeness (QED) is 0.895. The van der Waals surface area contributed by atoms with Crippen LogP contribution in [0.2, 0.25) is 0 Å². The van der Waals surface area contributed by atoms with Crippen LogP contribution in [0.5, 0.6) is 0 Å². The molecular weight excluding hydrogens is 260 g/mol. The van der Waals surface area contributed by atoms with Gasteiger partial charge in [0.05, 0.1) is 0 Å². The van der Waals surface area contributed by atoms with Crippen molar-refractivity contribution in [3.63, 3.8) is 0 Å². The highest BCUT2D eigenvalue weighted by Gasteiger charge is 2.25. The van der Waals surface area contributed by atoms with E-state index in [4.69, 9.17) is 5.73 Å². The molecule has 1 aliphatic heterocycles. The normalized spacial score (nSPS) is 21.6. The maximum atomic E-state index is 13.9. The first-order valence-electron chi connectivity index (χ1n) is 7.05. The molecular formula is C15H23F2N3.